The van der Waals surface area contributed by atoms with E-state index in [0.29, 0.717) is 5.56 Å². The molecule has 5 heteroatoms. The Bertz CT molecular complexity index is 434. The Kier molecular flexibility index (Phi) is 5.11. The number of benzene rings is 1. The first kappa shape index (κ1) is 14.9. The monoisotopic (exact) mass is 274 g/mol. The van der Waals surface area contributed by atoms with Gasteiger partial charge in [0.05, 0.1) is 24.2 Å². The molecule has 0 bridgehead atoms. The molecule has 2 unspecified atom stereocenters. The third-order valence-corrected chi connectivity index (χ3v) is 3.11. The van der Waals surface area contributed by atoms with Crippen LogP contribution in [0.1, 0.15) is 25.5 Å². The summed E-state index contributed by atoms with van der Waals surface area (Å²) in [5, 5.41) is 10.1. The highest BCUT2D eigenvalue weighted by atomic mass is 35.5. The largest absolute Gasteiger partial charge is 0.469 e. The smallest absolute Gasteiger partial charge is 0.311 e. The van der Waals surface area contributed by atoms with Crippen LogP contribution in [0.2, 0.25) is 5.02 Å². The minimum atomic E-state index is -1.07. The van der Waals surface area contributed by atoms with E-state index >= 15 is 0 Å². The zero-order valence-corrected chi connectivity index (χ0v) is 11.2. The molecule has 0 aromatic heterocycles. The van der Waals surface area contributed by atoms with Crippen molar-refractivity contribution in [3.8, 4) is 0 Å². The lowest BCUT2D eigenvalue weighted by molar-refractivity contribution is -0.152. The first-order valence-electron chi connectivity index (χ1n) is 5.59. The predicted molar refractivity (Wildman–Crippen MR) is 66.7 cm³/mol. The van der Waals surface area contributed by atoms with Gasteiger partial charge in [-0.1, -0.05) is 31.5 Å². The van der Waals surface area contributed by atoms with Gasteiger partial charge in [-0.2, -0.15) is 0 Å². The number of esters is 1. The topological polar surface area (TPSA) is 46.5 Å². The number of carbonyl (C=O) groups is 1. The fraction of sp³-hybridized carbons (Fsp3) is 0.462. The molecule has 0 saturated heterocycles. The Morgan fingerprint density at radius 2 is 2.06 bits per heavy atom. The van der Waals surface area contributed by atoms with Crippen LogP contribution in [0.4, 0.5) is 4.39 Å². The third-order valence-electron chi connectivity index (χ3n) is 2.82. The molecule has 0 radical (unpaired) electrons. The number of rotatable bonds is 4. The minimum absolute atomic E-state index is 0.0843. The Hall–Kier alpha value is -1.13. The number of carbonyl (C=O) groups excluding carboxylic acids is 1. The van der Waals surface area contributed by atoms with Crippen molar-refractivity contribution >= 4 is 17.6 Å². The van der Waals surface area contributed by atoms with E-state index in [1.165, 1.54) is 19.2 Å². The number of hydrogen-bond donors (Lipinski definition) is 1. The summed E-state index contributed by atoms with van der Waals surface area (Å²) in [6, 6.07) is 3.89. The number of halogens is 2. The maximum absolute atomic E-state index is 13.0. The Morgan fingerprint density at radius 3 is 2.50 bits per heavy atom. The lowest BCUT2D eigenvalue weighted by atomic mass is 9.86. The first-order valence-corrected chi connectivity index (χ1v) is 5.97. The third kappa shape index (κ3) is 3.21. The quantitative estimate of drug-likeness (QED) is 0.859. The van der Waals surface area contributed by atoms with Gasteiger partial charge in [0.2, 0.25) is 0 Å². The molecule has 1 rings (SSSR count). The first-order chi connectivity index (χ1) is 8.38. The maximum Gasteiger partial charge on any atom is 0.311 e. The van der Waals surface area contributed by atoms with E-state index in [1.807, 2.05) is 0 Å². The molecule has 0 aliphatic heterocycles. The van der Waals surface area contributed by atoms with Gasteiger partial charge in [0.1, 0.15) is 5.82 Å². The van der Waals surface area contributed by atoms with E-state index < -0.39 is 23.8 Å². The van der Waals surface area contributed by atoms with Gasteiger partial charge in [-0.25, -0.2) is 4.39 Å². The molecule has 0 aliphatic carbocycles. The summed E-state index contributed by atoms with van der Waals surface area (Å²) in [6.07, 6.45) is -1.07. The van der Waals surface area contributed by atoms with Crippen LogP contribution in [0.25, 0.3) is 0 Å². The average Bonchev–Trinajstić information content (AvgIpc) is 2.32. The van der Waals surface area contributed by atoms with Crippen molar-refractivity contribution in [1.29, 1.82) is 0 Å². The fourth-order valence-corrected chi connectivity index (χ4v) is 1.99. The second-order valence-electron chi connectivity index (χ2n) is 4.41. The molecule has 0 aliphatic rings. The molecule has 0 heterocycles. The van der Waals surface area contributed by atoms with E-state index in [0.717, 1.165) is 6.07 Å². The number of hydrogen-bond acceptors (Lipinski definition) is 3. The second-order valence-corrected chi connectivity index (χ2v) is 4.82. The minimum Gasteiger partial charge on any atom is -0.469 e. The Morgan fingerprint density at radius 1 is 1.44 bits per heavy atom. The predicted octanol–water partition coefficient (Wildman–Crippen LogP) is 2.96. The molecule has 1 aromatic rings. The van der Waals surface area contributed by atoms with Crippen LogP contribution in [0.15, 0.2) is 18.2 Å². The van der Waals surface area contributed by atoms with Gasteiger partial charge in [0.25, 0.3) is 0 Å². The molecule has 2 atom stereocenters. The van der Waals surface area contributed by atoms with Crippen molar-refractivity contribution in [2.75, 3.05) is 7.11 Å². The second kappa shape index (κ2) is 6.16. The van der Waals surface area contributed by atoms with Crippen LogP contribution in [0, 0.1) is 17.7 Å². The van der Waals surface area contributed by atoms with Gasteiger partial charge in [0, 0.05) is 0 Å². The molecular weight excluding hydrogens is 259 g/mol. The number of methoxy groups -OCH3 is 1. The molecule has 0 spiro atoms. The summed E-state index contributed by atoms with van der Waals surface area (Å²) in [7, 11) is 1.27. The van der Waals surface area contributed by atoms with Crippen LogP contribution in [0.5, 0.6) is 0 Å². The van der Waals surface area contributed by atoms with Crippen molar-refractivity contribution in [3.63, 3.8) is 0 Å². The van der Waals surface area contributed by atoms with Gasteiger partial charge in [0.15, 0.2) is 0 Å². The summed E-state index contributed by atoms with van der Waals surface area (Å²) in [6.45, 7) is 3.60. The van der Waals surface area contributed by atoms with Crippen molar-refractivity contribution in [2.45, 2.75) is 20.0 Å². The van der Waals surface area contributed by atoms with Crippen molar-refractivity contribution in [1.82, 2.24) is 0 Å². The lowest BCUT2D eigenvalue weighted by Gasteiger charge is -2.24. The Labute approximate surface area is 111 Å². The van der Waals surface area contributed by atoms with Gasteiger partial charge >= 0.3 is 5.97 Å². The molecule has 1 N–H and O–H groups in total. The van der Waals surface area contributed by atoms with Crippen LogP contribution < -0.4 is 0 Å². The van der Waals surface area contributed by atoms with Crippen LogP contribution in [-0.4, -0.2) is 18.2 Å². The number of ether oxygens (including phenoxy) is 1. The van der Waals surface area contributed by atoms with Crippen LogP contribution >= 0.6 is 11.6 Å². The zero-order valence-electron chi connectivity index (χ0n) is 10.5. The summed E-state index contributed by atoms with van der Waals surface area (Å²) in [5.74, 6) is -1.89. The van der Waals surface area contributed by atoms with Crippen LogP contribution in [0.3, 0.4) is 0 Å². The molecule has 3 nitrogen and oxygen atoms in total. The summed E-state index contributed by atoms with van der Waals surface area (Å²) in [4.78, 5) is 11.6. The fourth-order valence-electron chi connectivity index (χ4n) is 1.81. The summed E-state index contributed by atoms with van der Waals surface area (Å²) in [5.41, 5.74) is 0.394. The normalized spacial score (nSPS) is 14.4. The highest BCUT2D eigenvalue weighted by Gasteiger charge is 2.32. The van der Waals surface area contributed by atoms with E-state index in [1.54, 1.807) is 13.8 Å². The summed E-state index contributed by atoms with van der Waals surface area (Å²) < 4.78 is 17.7. The standard InChI is InChI=1S/C13H16ClFO3/c1-7(2)11(13(17)18-3)12(16)8-4-5-10(15)9(14)6-8/h4-7,11-12,16H,1-3H3. The van der Waals surface area contributed by atoms with Gasteiger partial charge in [-0.3, -0.25) is 4.79 Å². The molecule has 1 aromatic carbocycles. The average molecular weight is 275 g/mol. The van der Waals surface area contributed by atoms with Gasteiger partial charge in [-0.05, 0) is 23.6 Å². The van der Waals surface area contributed by atoms with E-state index in [2.05, 4.69) is 4.74 Å². The molecule has 0 amide bonds. The number of aliphatic hydroxyl groups is 1. The number of aliphatic hydroxyl groups excluding tert-OH is 1. The molecule has 18 heavy (non-hydrogen) atoms. The van der Waals surface area contributed by atoms with Crippen molar-refractivity contribution in [3.05, 3.63) is 34.6 Å². The SMILES string of the molecule is COC(=O)C(C(C)C)C(O)c1ccc(F)c(Cl)c1. The maximum atomic E-state index is 13.0. The molecular formula is C13H16ClFO3. The van der Waals surface area contributed by atoms with E-state index in [9.17, 15) is 14.3 Å². The molecule has 0 saturated carbocycles. The van der Waals surface area contributed by atoms with Gasteiger partial charge in [-0.15, -0.1) is 0 Å². The van der Waals surface area contributed by atoms with Gasteiger partial charge < -0.3 is 9.84 Å². The van der Waals surface area contributed by atoms with Crippen molar-refractivity contribution in [2.24, 2.45) is 11.8 Å². The van der Waals surface area contributed by atoms with E-state index in [4.69, 9.17) is 11.6 Å². The highest BCUT2D eigenvalue weighted by Crippen LogP contribution is 2.31. The summed E-state index contributed by atoms with van der Waals surface area (Å²) >= 11 is 5.65. The van der Waals surface area contributed by atoms with Crippen molar-refractivity contribution < 1.29 is 19.0 Å². The highest BCUT2D eigenvalue weighted by molar-refractivity contribution is 6.30. The Balaban J connectivity index is 3.05. The lowest BCUT2D eigenvalue weighted by Crippen LogP contribution is -2.28. The van der Waals surface area contributed by atoms with Crippen LogP contribution in [-0.2, 0) is 9.53 Å². The molecule has 0 fully saturated rings. The van der Waals surface area contributed by atoms with E-state index in [-0.39, 0.29) is 10.9 Å². The molecule has 100 valence electrons. The zero-order chi connectivity index (χ0) is 13.9.